The van der Waals surface area contributed by atoms with E-state index in [1.807, 2.05) is 0 Å². The molecule has 0 radical (unpaired) electrons. The second-order valence-electron chi connectivity index (χ2n) is 5.54. The molecule has 1 saturated carbocycles. The van der Waals surface area contributed by atoms with Crippen LogP contribution in [0.5, 0.6) is 0 Å². The normalized spacial score (nSPS) is 17.7. The van der Waals surface area contributed by atoms with Gasteiger partial charge in [0, 0.05) is 18.6 Å². The van der Waals surface area contributed by atoms with Crippen molar-refractivity contribution in [1.29, 1.82) is 0 Å². The van der Waals surface area contributed by atoms with E-state index in [2.05, 4.69) is 42.8 Å². The van der Waals surface area contributed by atoms with Crippen LogP contribution < -0.4 is 5.32 Å². The first-order chi connectivity index (χ1) is 8.71. The van der Waals surface area contributed by atoms with E-state index in [1.165, 1.54) is 52.0 Å². The minimum absolute atomic E-state index is 0.673. The summed E-state index contributed by atoms with van der Waals surface area (Å²) in [7, 11) is 0. The molecule has 108 valence electrons. The predicted octanol–water partition coefficient (Wildman–Crippen LogP) is 2.18. The SMILES string of the molecule is CCN(CC)CCCN(CC)C(C)CNC1CC1. The molecule has 3 nitrogen and oxygen atoms in total. The molecule has 0 aliphatic heterocycles. The molecule has 1 aliphatic carbocycles. The summed E-state index contributed by atoms with van der Waals surface area (Å²) in [5, 5.41) is 3.64. The highest BCUT2D eigenvalue weighted by Crippen LogP contribution is 2.18. The quantitative estimate of drug-likeness (QED) is 0.610. The second kappa shape index (κ2) is 8.89. The van der Waals surface area contributed by atoms with Gasteiger partial charge in [-0.2, -0.15) is 0 Å². The second-order valence-corrected chi connectivity index (χ2v) is 5.54. The third-order valence-corrected chi connectivity index (χ3v) is 4.12. The van der Waals surface area contributed by atoms with Crippen molar-refractivity contribution in [2.45, 2.75) is 59.0 Å². The molecule has 0 saturated heterocycles. The van der Waals surface area contributed by atoms with E-state index < -0.39 is 0 Å². The van der Waals surface area contributed by atoms with Crippen molar-refractivity contribution < 1.29 is 0 Å². The van der Waals surface area contributed by atoms with Crippen molar-refractivity contribution in [1.82, 2.24) is 15.1 Å². The highest BCUT2D eigenvalue weighted by Gasteiger charge is 2.22. The van der Waals surface area contributed by atoms with Gasteiger partial charge in [-0.05, 0) is 58.9 Å². The number of hydrogen-bond donors (Lipinski definition) is 1. The van der Waals surface area contributed by atoms with Gasteiger partial charge in [0.2, 0.25) is 0 Å². The first kappa shape index (κ1) is 15.9. The molecular weight excluding hydrogens is 222 g/mol. The average Bonchev–Trinajstić information content (AvgIpc) is 3.20. The van der Waals surface area contributed by atoms with Crippen LogP contribution in [0.4, 0.5) is 0 Å². The average molecular weight is 255 g/mol. The Kier molecular flexibility index (Phi) is 7.87. The molecule has 1 aliphatic rings. The summed E-state index contributed by atoms with van der Waals surface area (Å²) in [6, 6.07) is 1.51. The van der Waals surface area contributed by atoms with Gasteiger partial charge < -0.3 is 10.2 Å². The van der Waals surface area contributed by atoms with E-state index in [4.69, 9.17) is 0 Å². The monoisotopic (exact) mass is 255 g/mol. The van der Waals surface area contributed by atoms with Gasteiger partial charge in [-0.15, -0.1) is 0 Å². The van der Waals surface area contributed by atoms with Gasteiger partial charge in [0.1, 0.15) is 0 Å². The van der Waals surface area contributed by atoms with Crippen molar-refractivity contribution in [2.75, 3.05) is 39.3 Å². The standard InChI is InChI=1S/C15H33N3/c1-5-17(6-2)11-8-12-18(7-3)14(4)13-16-15-9-10-15/h14-16H,5-13H2,1-4H3. The number of nitrogens with zero attached hydrogens (tertiary/aromatic N) is 2. The number of rotatable bonds is 11. The zero-order valence-corrected chi connectivity index (χ0v) is 12.9. The maximum Gasteiger partial charge on any atom is 0.0192 e. The summed E-state index contributed by atoms with van der Waals surface area (Å²) >= 11 is 0. The van der Waals surface area contributed by atoms with Gasteiger partial charge in [0.05, 0.1) is 0 Å². The van der Waals surface area contributed by atoms with Crippen molar-refractivity contribution in [2.24, 2.45) is 0 Å². The van der Waals surface area contributed by atoms with E-state index in [0.717, 1.165) is 12.6 Å². The molecule has 0 heterocycles. The van der Waals surface area contributed by atoms with Crippen LogP contribution in [0.25, 0.3) is 0 Å². The molecule has 1 rings (SSSR count). The number of hydrogen-bond acceptors (Lipinski definition) is 3. The van der Waals surface area contributed by atoms with Crippen molar-refractivity contribution in [3.05, 3.63) is 0 Å². The van der Waals surface area contributed by atoms with Crippen molar-refractivity contribution >= 4 is 0 Å². The molecule has 1 fully saturated rings. The van der Waals surface area contributed by atoms with Crippen LogP contribution in [0.15, 0.2) is 0 Å². The van der Waals surface area contributed by atoms with E-state index in [0.29, 0.717) is 6.04 Å². The first-order valence-corrected chi connectivity index (χ1v) is 7.90. The molecule has 1 atom stereocenters. The zero-order valence-electron chi connectivity index (χ0n) is 12.9. The summed E-state index contributed by atoms with van der Waals surface area (Å²) in [5.74, 6) is 0. The molecule has 0 aromatic heterocycles. The number of nitrogens with one attached hydrogen (secondary N) is 1. The Labute approximate surface area is 114 Å². The summed E-state index contributed by atoms with van der Waals surface area (Å²) in [5.41, 5.74) is 0. The molecule has 0 aromatic rings. The lowest BCUT2D eigenvalue weighted by Gasteiger charge is -2.29. The third-order valence-electron chi connectivity index (χ3n) is 4.12. The molecule has 1 N–H and O–H groups in total. The Morgan fingerprint density at radius 1 is 1.06 bits per heavy atom. The highest BCUT2D eigenvalue weighted by atomic mass is 15.2. The lowest BCUT2D eigenvalue weighted by molar-refractivity contribution is 0.195. The van der Waals surface area contributed by atoms with Crippen LogP contribution in [0.2, 0.25) is 0 Å². The topological polar surface area (TPSA) is 18.5 Å². The fourth-order valence-electron chi connectivity index (χ4n) is 2.48. The smallest absolute Gasteiger partial charge is 0.0192 e. The van der Waals surface area contributed by atoms with Crippen LogP contribution in [0, 0.1) is 0 Å². The summed E-state index contributed by atoms with van der Waals surface area (Å²) in [6.45, 7) is 16.3. The highest BCUT2D eigenvalue weighted by molar-refractivity contribution is 4.83. The molecule has 1 unspecified atom stereocenters. The zero-order chi connectivity index (χ0) is 13.4. The van der Waals surface area contributed by atoms with Crippen LogP contribution in [0.1, 0.15) is 47.0 Å². The van der Waals surface area contributed by atoms with Gasteiger partial charge >= 0.3 is 0 Å². The lowest BCUT2D eigenvalue weighted by atomic mass is 10.2. The number of likely N-dealkylation sites (N-methyl/N-ethyl adjacent to an activating group) is 1. The molecule has 18 heavy (non-hydrogen) atoms. The van der Waals surface area contributed by atoms with Crippen LogP contribution in [0.3, 0.4) is 0 Å². The van der Waals surface area contributed by atoms with Gasteiger partial charge in [-0.1, -0.05) is 20.8 Å². The fourth-order valence-corrected chi connectivity index (χ4v) is 2.48. The molecule has 0 aromatic carbocycles. The van der Waals surface area contributed by atoms with E-state index in [1.54, 1.807) is 0 Å². The molecule has 0 amide bonds. The van der Waals surface area contributed by atoms with Gasteiger partial charge in [0.25, 0.3) is 0 Å². The Morgan fingerprint density at radius 3 is 2.22 bits per heavy atom. The van der Waals surface area contributed by atoms with Crippen molar-refractivity contribution in [3.8, 4) is 0 Å². The van der Waals surface area contributed by atoms with Crippen LogP contribution in [-0.4, -0.2) is 61.2 Å². The predicted molar refractivity (Wildman–Crippen MR) is 80.1 cm³/mol. The largest absolute Gasteiger partial charge is 0.312 e. The lowest BCUT2D eigenvalue weighted by Crippen LogP contribution is -2.42. The van der Waals surface area contributed by atoms with Gasteiger partial charge in [0.15, 0.2) is 0 Å². The third kappa shape index (κ3) is 6.17. The molecule has 0 bridgehead atoms. The maximum atomic E-state index is 3.64. The van der Waals surface area contributed by atoms with E-state index >= 15 is 0 Å². The first-order valence-electron chi connectivity index (χ1n) is 7.90. The summed E-state index contributed by atoms with van der Waals surface area (Å²) in [6.07, 6.45) is 4.07. The Hall–Kier alpha value is -0.120. The van der Waals surface area contributed by atoms with E-state index in [-0.39, 0.29) is 0 Å². The Balaban J connectivity index is 2.14. The van der Waals surface area contributed by atoms with Crippen LogP contribution >= 0.6 is 0 Å². The summed E-state index contributed by atoms with van der Waals surface area (Å²) in [4.78, 5) is 5.12. The minimum Gasteiger partial charge on any atom is -0.312 e. The van der Waals surface area contributed by atoms with Gasteiger partial charge in [-0.25, -0.2) is 0 Å². The van der Waals surface area contributed by atoms with Gasteiger partial charge in [-0.3, -0.25) is 4.90 Å². The molecular formula is C15H33N3. The molecule has 0 spiro atoms. The maximum absolute atomic E-state index is 3.64. The van der Waals surface area contributed by atoms with Crippen LogP contribution in [-0.2, 0) is 0 Å². The fraction of sp³-hybridized carbons (Fsp3) is 1.00. The van der Waals surface area contributed by atoms with E-state index in [9.17, 15) is 0 Å². The Morgan fingerprint density at radius 2 is 1.72 bits per heavy atom. The Bertz CT molecular complexity index is 200. The molecule has 3 heteroatoms. The minimum atomic E-state index is 0.673. The van der Waals surface area contributed by atoms with Crippen molar-refractivity contribution in [3.63, 3.8) is 0 Å². The summed E-state index contributed by atoms with van der Waals surface area (Å²) < 4.78 is 0.